The monoisotopic (exact) mass is 269 g/mol. The molecule has 16 heavy (non-hydrogen) atoms. The fourth-order valence-corrected chi connectivity index (χ4v) is 1.43. The Hall–Kier alpha value is -0.490. The first-order chi connectivity index (χ1) is 6.79. The molecule has 0 unspecified atom stereocenters. The lowest BCUT2D eigenvalue weighted by Gasteiger charge is -2.13. The van der Waals surface area contributed by atoms with Crippen molar-refractivity contribution in [3.05, 3.63) is 12.4 Å². The first kappa shape index (κ1) is 15.5. The molecule has 1 aliphatic rings. The molecule has 7 heteroatoms. The van der Waals surface area contributed by atoms with Gasteiger partial charge in [0.15, 0.2) is 5.75 Å². The molecule has 1 aromatic rings. The standard InChI is InChI=1S/C9H15N3O2.2ClH/c1-2-12-4-7(3-11-12)14-9-6-13-5-8(9)10;;/h3-4,8-9H,2,5-6,10H2,1H3;2*1H/t8-,9+;;/m0../s1. The van der Waals surface area contributed by atoms with E-state index in [1.165, 1.54) is 0 Å². The number of nitrogens with zero attached hydrogens (tertiary/aromatic N) is 2. The molecule has 0 spiro atoms. The molecule has 0 bridgehead atoms. The molecule has 0 aliphatic carbocycles. The quantitative estimate of drug-likeness (QED) is 0.884. The average molecular weight is 270 g/mol. The Morgan fingerprint density at radius 2 is 2.31 bits per heavy atom. The van der Waals surface area contributed by atoms with Gasteiger partial charge in [0, 0.05) is 6.54 Å². The number of nitrogens with two attached hydrogens (primary N) is 1. The maximum absolute atomic E-state index is 5.79. The van der Waals surface area contributed by atoms with Crippen LogP contribution >= 0.6 is 24.8 Å². The van der Waals surface area contributed by atoms with E-state index in [0.29, 0.717) is 13.2 Å². The Morgan fingerprint density at radius 1 is 1.56 bits per heavy atom. The van der Waals surface area contributed by atoms with Crippen LogP contribution in [0.15, 0.2) is 12.4 Å². The summed E-state index contributed by atoms with van der Waals surface area (Å²) in [7, 11) is 0. The first-order valence-corrected chi connectivity index (χ1v) is 4.82. The molecular formula is C9H17Cl2N3O2. The number of halogens is 2. The van der Waals surface area contributed by atoms with Crippen LogP contribution < -0.4 is 10.5 Å². The highest BCUT2D eigenvalue weighted by Crippen LogP contribution is 2.15. The number of hydrogen-bond acceptors (Lipinski definition) is 4. The summed E-state index contributed by atoms with van der Waals surface area (Å²) in [5, 5.41) is 4.11. The van der Waals surface area contributed by atoms with Crippen molar-refractivity contribution < 1.29 is 9.47 Å². The normalized spacial score (nSPS) is 23.4. The third-order valence-electron chi connectivity index (χ3n) is 2.29. The molecule has 2 rings (SSSR count). The van der Waals surface area contributed by atoms with Crippen LogP contribution in [0.2, 0.25) is 0 Å². The summed E-state index contributed by atoms with van der Waals surface area (Å²) < 4.78 is 12.7. The van der Waals surface area contributed by atoms with Crippen molar-refractivity contribution in [3.63, 3.8) is 0 Å². The Labute approximate surface area is 107 Å². The van der Waals surface area contributed by atoms with E-state index in [9.17, 15) is 0 Å². The van der Waals surface area contributed by atoms with Crippen LogP contribution in [0.25, 0.3) is 0 Å². The van der Waals surface area contributed by atoms with Crippen LogP contribution in [-0.4, -0.2) is 35.1 Å². The minimum atomic E-state index is -0.0375. The molecule has 5 nitrogen and oxygen atoms in total. The van der Waals surface area contributed by atoms with Gasteiger partial charge in [0.1, 0.15) is 6.10 Å². The van der Waals surface area contributed by atoms with Gasteiger partial charge < -0.3 is 15.2 Å². The van der Waals surface area contributed by atoms with Gasteiger partial charge in [0.25, 0.3) is 0 Å². The van der Waals surface area contributed by atoms with Crippen molar-refractivity contribution in [2.24, 2.45) is 5.73 Å². The van der Waals surface area contributed by atoms with Crippen LogP contribution in [-0.2, 0) is 11.3 Å². The zero-order valence-corrected chi connectivity index (χ0v) is 10.7. The van der Waals surface area contributed by atoms with Crippen molar-refractivity contribution in [2.75, 3.05) is 13.2 Å². The predicted molar refractivity (Wildman–Crippen MR) is 65.6 cm³/mol. The van der Waals surface area contributed by atoms with Gasteiger partial charge in [-0.05, 0) is 6.92 Å². The van der Waals surface area contributed by atoms with E-state index in [1.807, 2.05) is 17.8 Å². The number of rotatable bonds is 3. The van der Waals surface area contributed by atoms with Gasteiger partial charge in [0.2, 0.25) is 0 Å². The van der Waals surface area contributed by atoms with Gasteiger partial charge >= 0.3 is 0 Å². The molecule has 0 amide bonds. The van der Waals surface area contributed by atoms with E-state index >= 15 is 0 Å². The van der Waals surface area contributed by atoms with Crippen molar-refractivity contribution >= 4 is 24.8 Å². The maximum Gasteiger partial charge on any atom is 0.157 e. The highest BCUT2D eigenvalue weighted by atomic mass is 35.5. The van der Waals surface area contributed by atoms with Gasteiger partial charge in [-0.15, -0.1) is 24.8 Å². The summed E-state index contributed by atoms with van der Waals surface area (Å²) in [5.41, 5.74) is 5.79. The molecule has 1 aromatic heterocycles. The second-order valence-electron chi connectivity index (χ2n) is 3.39. The fourth-order valence-electron chi connectivity index (χ4n) is 1.43. The number of hydrogen-bond donors (Lipinski definition) is 1. The van der Waals surface area contributed by atoms with Gasteiger partial charge in [-0.1, -0.05) is 0 Å². The van der Waals surface area contributed by atoms with E-state index in [0.717, 1.165) is 12.3 Å². The zero-order chi connectivity index (χ0) is 9.97. The second-order valence-corrected chi connectivity index (χ2v) is 3.39. The molecule has 1 fully saturated rings. The topological polar surface area (TPSA) is 62.3 Å². The maximum atomic E-state index is 5.79. The zero-order valence-electron chi connectivity index (χ0n) is 9.04. The number of ether oxygens (including phenoxy) is 2. The summed E-state index contributed by atoms with van der Waals surface area (Å²) in [6, 6.07) is -0.0278. The molecule has 2 atom stereocenters. The molecule has 0 radical (unpaired) electrons. The van der Waals surface area contributed by atoms with E-state index in [-0.39, 0.29) is 37.0 Å². The second kappa shape index (κ2) is 6.96. The summed E-state index contributed by atoms with van der Waals surface area (Å²) in [6.45, 7) is 4.02. The van der Waals surface area contributed by atoms with Crippen molar-refractivity contribution in [1.82, 2.24) is 9.78 Å². The Bertz CT molecular complexity index is 309. The molecule has 1 saturated heterocycles. The van der Waals surface area contributed by atoms with E-state index in [2.05, 4.69) is 5.10 Å². The molecule has 2 heterocycles. The smallest absolute Gasteiger partial charge is 0.157 e. The summed E-state index contributed by atoms with van der Waals surface area (Å²) in [6.07, 6.45) is 3.53. The third kappa shape index (κ3) is 3.52. The third-order valence-corrected chi connectivity index (χ3v) is 2.29. The predicted octanol–water partition coefficient (Wildman–Crippen LogP) is 0.851. The molecule has 94 valence electrons. The summed E-state index contributed by atoms with van der Waals surface area (Å²) in [5.74, 6) is 0.762. The molecule has 0 saturated carbocycles. The van der Waals surface area contributed by atoms with Crippen LogP contribution in [0.3, 0.4) is 0 Å². The largest absolute Gasteiger partial charge is 0.483 e. The molecule has 0 aromatic carbocycles. The van der Waals surface area contributed by atoms with Gasteiger partial charge in [-0.2, -0.15) is 5.10 Å². The van der Waals surface area contributed by atoms with Gasteiger partial charge in [-0.3, -0.25) is 4.68 Å². The van der Waals surface area contributed by atoms with Crippen molar-refractivity contribution in [2.45, 2.75) is 25.6 Å². The average Bonchev–Trinajstić information content (AvgIpc) is 2.77. The van der Waals surface area contributed by atoms with Crippen molar-refractivity contribution in [3.8, 4) is 5.75 Å². The SMILES string of the molecule is CCn1cc(O[C@@H]2COC[C@@H]2N)cn1.Cl.Cl. The van der Waals surface area contributed by atoms with Crippen LogP contribution in [0.1, 0.15) is 6.92 Å². The first-order valence-electron chi connectivity index (χ1n) is 4.82. The lowest BCUT2D eigenvalue weighted by Crippen LogP contribution is -2.37. The highest BCUT2D eigenvalue weighted by molar-refractivity contribution is 5.85. The van der Waals surface area contributed by atoms with Gasteiger partial charge in [0.05, 0.1) is 31.6 Å². The Balaban J connectivity index is 0.00000112. The van der Waals surface area contributed by atoms with E-state index < -0.39 is 0 Å². The van der Waals surface area contributed by atoms with Crippen molar-refractivity contribution in [1.29, 1.82) is 0 Å². The summed E-state index contributed by atoms with van der Waals surface area (Å²) in [4.78, 5) is 0. The summed E-state index contributed by atoms with van der Waals surface area (Å²) >= 11 is 0. The Morgan fingerprint density at radius 3 is 2.81 bits per heavy atom. The molecule has 2 N–H and O–H groups in total. The van der Waals surface area contributed by atoms with Crippen LogP contribution in [0, 0.1) is 0 Å². The minimum Gasteiger partial charge on any atom is -0.483 e. The van der Waals surface area contributed by atoms with Crippen LogP contribution in [0.4, 0.5) is 0 Å². The molecule has 1 aliphatic heterocycles. The lowest BCUT2D eigenvalue weighted by molar-refractivity contribution is 0.140. The fraction of sp³-hybridized carbons (Fsp3) is 0.667. The van der Waals surface area contributed by atoms with Gasteiger partial charge in [-0.25, -0.2) is 0 Å². The van der Waals surface area contributed by atoms with E-state index in [4.69, 9.17) is 15.2 Å². The lowest BCUT2D eigenvalue weighted by atomic mass is 10.2. The molecular weight excluding hydrogens is 253 g/mol. The van der Waals surface area contributed by atoms with Crippen LogP contribution in [0.5, 0.6) is 5.75 Å². The number of aryl methyl sites for hydroxylation is 1. The Kier molecular flexibility index (Phi) is 6.74. The highest BCUT2D eigenvalue weighted by Gasteiger charge is 2.26. The minimum absolute atomic E-state index is 0. The number of aromatic nitrogens is 2. The van der Waals surface area contributed by atoms with E-state index in [1.54, 1.807) is 6.20 Å².